The molecule has 0 aliphatic rings. The van der Waals surface area contributed by atoms with Gasteiger partial charge in [-0.15, -0.1) is 0 Å². The van der Waals surface area contributed by atoms with Gasteiger partial charge in [0.1, 0.15) is 11.3 Å². The predicted octanol–water partition coefficient (Wildman–Crippen LogP) is 4.09. The maximum atomic E-state index is 10.9. The Morgan fingerprint density at radius 1 is 0.947 bits per heavy atom. The van der Waals surface area contributed by atoms with Crippen LogP contribution in [-0.2, 0) is 0 Å². The van der Waals surface area contributed by atoms with Crippen LogP contribution in [0, 0.1) is 6.92 Å². The van der Waals surface area contributed by atoms with Crippen molar-refractivity contribution in [1.29, 1.82) is 0 Å². The van der Waals surface area contributed by atoms with Crippen molar-refractivity contribution in [2.24, 2.45) is 0 Å². The van der Waals surface area contributed by atoms with E-state index in [1.807, 2.05) is 45.0 Å². The zero-order valence-corrected chi connectivity index (χ0v) is 11.3. The molecule has 3 nitrogen and oxygen atoms in total. The molecular formula is C16H18O3. The topological polar surface area (TPSA) is 57.5 Å². The lowest BCUT2D eigenvalue weighted by atomic mass is 10.0. The molecule has 19 heavy (non-hydrogen) atoms. The molecule has 0 saturated carbocycles. The van der Waals surface area contributed by atoms with Crippen LogP contribution >= 0.6 is 0 Å². The number of carbonyl (C=O) groups is 1. The highest BCUT2D eigenvalue weighted by molar-refractivity contribution is 5.92. The summed E-state index contributed by atoms with van der Waals surface area (Å²) in [5.41, 5.74) is 2.77. The number of benzene rings is 2. The maximum absolute atomic E-state index is 10.9. The van der Waals surface area contributed by atoms with E-state index in [0.717, 1.165) is 16.7 Å². The van der Waals surface area contributed by atoms with Gasteiger partial charge in [-0.05, 0) is 30.2 Å². The zero-order chi connectivity index (χ0) is 14.4. The van der Waals surface area contributed by atoms with Crippen LogP contribution in [0.3, 0.4) is 0 Å². The standard InChI is InChI=1S/C14H12O3.C2H6/c1-9-2-4-10(5-3-9)11-6-7-13(15)12(8-11)14(16)17;1-2/h2-8,15H,1H3,(H,16,17);1-2H3. The van der Waals surface area contributed by atoms with Crippen molar-refractivity contribution in [2.75, 3.05) is 0 Å². The Bertz CT molecular complexity index is 557. The third-order valence-electron chi connectivity index (χ3n) is 2.61. The van der Waals surface area contributed by atoms with Crippen LogP contribution in [0.15, 0.2) is 42.5 Å². The predicted molar refractivity (Wildman–Crippen MR) is 76.6 cm³/mol. The number of hydrogen-bond donors (Lipinski definition) is 2. The van der Waals surface area contributed by atoms with Crippen LogP contribution in [0.4, 0.5) is 0 Å². The second kappa shape index (κ2) is 6.59. The summed E-state index contributed by atoms with van der Waals surface area (Å²) in [6.45, 7) is 5.99. The van der Waals surface area contributed by atoms with Gasteiger partial charge in [0, 0.05) is 0 Å². The van der Waals surface area contributed by atoms with E-state index in [1.54, 1.807) is 6.07 Å². The molecule has 0 atom stereocenters. The molecule has 0 heterocycles. The Kier molecular flexibility index (Phi) is 5.12. The molecule has 0 unspecified atom stereocenters. The van der Waals surface area contributed by atoms with Gasteiger partial charge in [0.25, 0.3) is 0 Å². The van der Waals surface area contributed by atoms with Crippen LogP contribution in [-0.4, -0.2) is 16.2 Å². The molecule has 100 valence electrons. The average Bonchev–Trinajstić information content (AvgIpc) is 2.42. The maximum Gasteiger partial charge on any atom is 0.339 e. The van der Waals surface area contributed by atoms with Crippen LogP contribution < -0.4 is 0 Å². The first kappa shape index (κ1) is 14.8. The molecular weight excluding hydrogens is 240 g/mol. The summed E-state index contributed by atoms with van der Waals surface area (Å²) in [4.78, 5) is 10.9. The normalized spacial score (nSPS) is 9.42. The Labute approximate surface area is 113 Å². The summed E-state index contributed by atoms with van der Waals surface area (Å²) >= 11 is 0. The fourth-order valence-electron chi connectivity index (χ4n) is 1.63. The van der Waals surface area contributed by atoms with Gasteiger partial charge >= 0.3 is 5.97 Å². The average molecular weight is 258 g/mol. The first-order valence-corrected chi connectivity index (χ1v) is 6.21. The molecule has 0 bridgehead atoms. The van der Waals surface area contributed by atoms with Gasteiger partial charge in [-0.25, -0.2) is 4.79 Å². The molecule has 0 aromatic heterocycles. The lowest BCUT2D eigenvalue weighted by Gasteiger charge is -2.05. The fraction of sp³-hybridized carbons (Fsp3) is 0.188. The van der Waals surface area contributed by atoms with Gasteiger partial charge in [-0.3, -0.25) is 0 Å². The largest absolute Gasteiger partial charge is 0.507 e. The highest BCUT2D eigenvalue weighted by atomic mass is 16.4. The molecule has 0 aliphatic heterocycles. The third-order valence-corrected chi connectivity index (χ3v) is 2.61. The van der Waals surface area contributed by atoms with Gasteiger partial charge in [-0.2, -0.15) is 0 Å². The second-order valence-corrected chi connectivity index (χ2v) is 3.90. The van der Waals surface area contributed by atoms with E-state index in [-0.39, 0.29) is 11.3 Å². The highest BCUT2D eigenvalue weighted by Crippen LogP contribution is 2.26. The molecule has 2 aromatic rings. The Morgan fingerprint density at radius 3 is 2.00 bits per heavy atom. The van der Waals surface area contributed by atoms with E-state index >= 15 is 0 Å². The van der Waals surface area contributed by atoms with E-state index in [0.29, 0.717) is 0 Å². The van der Waals surface area contributed by atoms with Crippen LogP contribution in [0.5, 0.6) is 5.75 Å². The quantitative estimate of drug-likeness (QED) is 0.852. The summed E-state index contributed by atoms with van der Waals surface area (Å²) in [5, 5.41) is 18.3. The molecule has 2 rings (SSSR count). The number of hydrogen-bond acceptors (Lipinski definition) is 2. The number of rotatable bonds is 2. The van der Waals surface area contributed by atoms with E-state index < -0.39 is 5.97 Å². The third kappa shape index (κ3) is 3.58. The molecule has 0 spiro atoms. The van der Waals surface area contributed by atoms with Gasteiger partial charge in [0.05, 0.1) is 0 Å². The Morgan fingerprint density at radius 2 is 1.47 bits per heavy atom. The number of aromatic hydroxyl groups is 1. The molecule has 2 aromatic carbocycles. The minimum Gasteiger partial charge on any atom is -0.507 e. The molecule has 3 heteroatoms. The fourth-order valence-corrected chi connectivity index (χ4v) is 1.63. The van der Waals surface area contributed by atoms with Crippen LogP contribution in [0.25, 0.3) is 11.1 Å². The number of phenols is 1. The Balaban J connectivity index is 0.000000861. The minimum absolute atomic E-state index is 0.0805. The van der Waals surface area contributed by atoms with E-state index in [2.05, 4.69) is 0 Å². The summed E-state index contributed by atoms with van der Waals surface area (Å²) in [6.07, 6.45) is 0. The minimum atomic E-state index is -1.13. The summed E-state index contributed by atoms with van der Waals surface area (Å²) in [5.74, 6) is -1.34. The van der Waals surface area contributed by atoms with Gasteiger partial charge in [0.15, 0.2) is 0 Å². The zero-order valence-electron chi connectivity index (χ0n) is 11.3. The van der Waals surface area contributed by atoms with Crippen molar-refractivity contribution in [3.05, 3.63) is 53.6 Å². The van der Waals surface area contributed by atoms with Crippen molar-refractivity contribution in [1.82, 2.24) is 0 Å². The Hall–Kier alpha value is -2.29. The summed E-state index contributed by atoms with van der Waals surface area (Å²) < 4.78 is 0. The van der Waals surface area contributed by atoms with Crippen molar-refractivity contribution in [2.45, 2.75) is 20.8 Å². The summed E-state index contributed by atoms with van der Waals surface area (Å²) in [6, 6.07) is 12.3. The highest BCUT2D eigenvalue weighted by Gasteiger charge is 2.10. The van der Waals surface area contributed by atoms with E-state index in [4.69, 9.17) is 5.11 Å². The molecule has 2 N–H and O–H groups in total. The first-order valence-electron chi connectivity index (χ1n) is 6.21. The lowest BCUT2D eigenvalue weighted by molar-refractivity contribution is 0.0694. The van der Waals surface area contributed by atoms with Crippen molar-refractivity contribution in [3.63, 3.8) is 0 Å². The first-order chi connectivity index (χ1) is 9.08. The number of carboxylic acid groups (broad SMARTS) is 1. The SMILES string of the molecule is CC.Cc1ccc(-c2ccc(O)c(C(=O)O)c2)cc1. The summed E-state index contributed by atoms with van der Waals surface area (Å²) in [7, 11) is 0. The second-order valence-electron chi connectivity index (χ2n) is 3.90. The van der Waals surface area contributed by atoms with E-state index in [9.17, 15) is 9.90 Å². The number of aryl methyl sites for hydroxylation is 1. The van der Waals surface area contributed by atoms with Crippen LogP contribution in [0.1, 0.15) is 29.8 Å². The monoisotopic (exact) mass is 258 g/mol. The van der Waals surface area contributed by atoms with Crippen molar-refractivity contribution < 1.29 is 15.0 Å². The smallest absolute Gasteiger partial charge is 0.339 e. The van der Waals surface area contributed by atoms with Gasteiger partial charge < -0.3 is 10.2 Å². The molecule has 0 amide bonds. The van der Waals surface area contributed by atoms with Crippen LogP contribution in [0.2, 0.25) is 0 Å². The molecule has 0 aliphatic carbocycles. The number of carboxylic acids is 1. The number of aromatic carboxylic acids is 1. The lowest BCUT2D eigenvalue weighted by Crippen LogP contribution is -1.96. The molecule has 0 radical (unpaired) electrons. The van der Waals surface area contributed by atoms with Crippen molar-refractivity contribution >= 4 is 5.97 Å². The van der Waals surface area contributed by atoms with Crippen molar-refractivity contribution in [3.8, 4) is 16.9 Å². The molecule has 0 fully saturated rings. The van der Waals surface area contributed by atoms with Gasteiger partial charge in [-0.1, -0.05) is 49.7 Å². The van der Waals surface area contributed by atoms with Gasteiger partial charge in [0.2, 0.25) is 0 Å². The van der Waals surface area contributed by atoms with E-state index in [1.165, 1.54) is 12.1 Å². The molecule has 0 saturated heterocycles.